The fraction of sp³-hybridized carbons (Fsp3) is 0.500. The summed E-state index contributed by atoms with van der Waals surface area (Å²) in [7, 11) is 1.88. The van der Waals surface area contributed by atoms with Gasteiger partial charge in [0.05, 0.1) is 6.20 Å². The van der Waals surface area contributed by atoms with Crippen molar-refractivity contribution in [3.05, 3.63) is 18.6 Å². The number of nitrogens with one attached hydrogen (secondary N) is 2. The third kappa shape index (κ3) is 2.25. The normalized spacial score (nSPS) is 16.9. The molecule has 3 rings (SSSR count). The van der Waals surface area contributed by atoms with Gasteiger partial charge in [0.15, 0.2) is 11.5 Å². The molecule has 5 nitrogen and oxygen atoms in total. The molecule has 0 spiro atoms. The summed E-state index contributed by atoms with van der Waals surface area (Å²) < 4.78 is 2.00. The average molecular weight is 263 g/mol. The van der Waals surface area contributed by atoms with Crippen molar-refractivity contribution in [1.82, 2.24) is 14.4 Å². The van der Waals surface area contributed by atoms with E-state index in [9.17, 15) is 0 Å². The van der Waals surface area contributed by atoms with Gasteiger partial charge in [-0.25, -0.2) is 9.97 Å². The highest BCUT2D eigenvalue weighted by Crippen LogP contribution is 2.23. The summed E-state index contributed by atoms with van der Waals surface area (Å²) in [6, 6.07) is 0.520. The standard InChI is InChI=1S/C12H17N5S/c1-13-10-8-17-5-4-14-12(17)11(16-10)15-9-2-6-18-7-3-9/h4-5,8-9,13H,2-3,6-7H2,1H3,(H,15,16). The van der Waals surface area contributed by atoms with E-state index in [4.69, 9.17) is 0 Å². The Morgan fingerprint density at radius 3 is 3.00 bits per heavy atom. The van der Waals surface area contributed by atoms with E-state index in [1.54, 1.807) is 6.20 Å². The first-order chi connectivity index (χ1) is 8.86. The minimum atomic E-state index is 0.520. The van der Waals surface area contributed by atoms with Crippen LogP contribution in [0.15, 0.2) is 18.6 Å². The van der Waals surface area contributed by atoms with Gasteiger partial charge in [-0.3, -0.25) is 0 Å². The molecule has 1 saturated heterocycles. The van der Waals surface area contributed by atoms with Crippen molar-refractivity contribution in [2.24, 2.45) is 0 Å². The lowest BCUT2D eigenvalue weighted by Crippen LogP contribution is -2.25. The predicted octanol–water partition coefficient (Wildman–Crippen LogP) is 2.08. The molecule has 6 heteroatoms. The van der Waals surface area contributed by atoms with Gasteiger partial charge >= 0.3 is 0 Å². The van der Waals surface area contributed by atoms with E-state index in [1.807, 2.05) is 35.6 Å². The van der Waals surface area contributed by atoms with Gasteiger partial charge < -0.3 is 15.0 Å². The molecule has 1 aliphatic heterocycles. The van der Waals surface area contributed by atoms with Crippen LogP contribution in [0.4, 0.5) is 11.6 Å². The number of thioether (sulfide) groups is 1. The Bertz CT molecular complexity index is 532. The number of hydrogen-bond acceptors (Lipinski definition) is 5. The Hall–Kier alpha value is -1.43. The molecule has 3 heterocycles. The molecule has 1 fully saturated rings. The van der Waals surface area contributed by atoms with Crippen molar-refractivity contribution in [3.63, 3.8) is 0 Å². The summed E-state index contributed by atoms with van der Waals surface area (Å²) in [6.45, 7) is 0. The zero-order valence-corrected chi connectivity index (χ0v) is 11.2. The van der Waals surface area contributed by atoms with Crippen LogP contribution in [0.2, 0.25) is 0 Å². The molecular weight excluding hydrogens is 246 g/mol. The van der Waals surface area contributed by atoms with Crippen LogP contribution in [-0.4, -0.2) is 39.0 Å². The van der Waals surface area contributed by atoms with Gasteiger partial charge in [0.2, 0.25) is 0 Å². The second kappa shape index (κ2) is 5.06. The fourth-order valence-corrected chi connectivity index (χ4v) is 3.29. The lowest BCUT2D eigenvalue weighted by molar-refractivity contribution is 0.664. The summed E-state index contributed by atoms with van der Waals surface area (Å²) in [6.07, 6.45) is 8.09. The molecule has 18 heavy (non-hydrogen) atoms. The Morgan fingerprint density at radius 2 is 2.22 bits per heavy atom. The van der Waals surface area contributed by atoms with Gasteiger partial charge in [-0.15, -0.1) is 0 Å². The highest BCUT2D eigenvalue weighted by Gasteiger charge is 2.16. The molecule has 0 aliphatic carbocycles. The van der Waals surface area contributed by atoms with E-state index >= 15 is 0 Å². The van der Waals surface area contributed by atoms with Crippen LogP contribution >= 0.6 is 11.8 Å². The Kier molecular flexibility index (Phi) is 3.27. The van der Waals surface area contributed by atoms with Crippen LogP contribution in [0.3, 0.4) is 0 Å². The predicted molar refractivity (Wildman–Crippen MR) is 76.5 cm³/mol. The summed E-state index contributed by atoms with van der Waals surface area (Å²) in [5, 5.41) is 6.62. The van der Waals surface area contributed by atoms with Crippen LogP contribution in [0.1, 0.15) is 12.8 Å². The van der Waals surface area contributed by atoms with Crippen LogP contribution in [0.5, 0.6) is 0 Å². The number of fused-ring (bicyclic) bond motifs is 1. The van der Waals surface area contributed by atoms with Gasteiger partial charge in [0.1, 0.15) is 5.82 Å². The first-order valence-corrected chi connectivity index (χ1v) is 7.38. The summed E-state index contributed by atoms with van der Waals surface area (Å²) in [5.41, 5.74) is 0.896. The van der Waals surface area contributed by atoms with E-state index in [2.05, 4.69) is 20.6 Å². The Morgan fingerprint density at radius 1 is 1.39 bits per heavy atom. The van der Waals surface area contributed by atoms with Crippen LogP contribution < -0.4 is 10.6 Å². The number of nitrogens with zero attached hydrogens (tertiary/aromatic N) is 3. The van der Waals surface area contributed by atoms with Gasteiger partial charge in [-0.05, 0) is 24.3 Å². The molecule has 96 valence electrons. The maximum absolute atomic E-state index is 4.57. The van der Waals surface area contributed by atoms with E-state index in [0.29, 0.717) is 6.04 Å². The smallest absolute Gasteiger partial charge is 0.180 e. The van der Waals surface area contributed by atoms with Crippen LogP contribution in [0, 0.1) is 0 Å². The molecule has 0 saturated carbocycles. The van der Waals surface area contributed by atoms with Crippen molar-refractivity contribution >= 4 is 29.0 Å². The number of aromatic nitrogens is 3. The molecule has 0 aromatic carbocycles. The number of anilines is 2. The summed E-state index contributed by atoms with van der Waals surface area (Å²) in [4.78, 5) is 8.94. The van der Waals surface area contributed by atoms with Crippen molar-refractivity contribution in [1.29, 1.82) is 0 Å². The Balaban J connectivity index is 1.91. The largest absolute Gasteiger partial charge is 0.372 e. The highest BCUT2D eigenvalue weighted by atomic mass is 32.2. The molecule has 0 unspecified atom stereocenters. The van der Waals surface area contributed by atoms with Gasteiger partial charge in [0.25, 0.3) is 0 Å². The van der Waals surface area contributed by atoms with Crippen molar-refractivity contribution < 1.29 is 0 Å². The molecule has 2 aromatic heterocycles. The highest BCUT2D eigenvalue weighted by molar-refractivity contribution is 7.99. The minimum Gasteiger partial charge on any atom is -0.372 e. The zero-order chi connectivity index (χ0) is 12.4. The van der Waals surface area contributed by atoms with Crippen molar-refractivity contribution in [2.75, 3.05) is 29.2 Å². The van der Waals surface area contributed by atoms with Crippen LogP contribution in [-0.2, 0) is 0 Å². The fourth-order valence-electron chi connectivity index (χ4n) is 2.18. The minimum absolute atomic E-state index is 0.520. The molecule has 0 amide bonds. The number of hydrogen-bond donors (Lipinski definition) is 2. The lowest BCUT2D eigenvalue weighted by atomic mass is 10.1. The quantitative estimate of drug-likeness (QED) is 0.888. The molecule has 0 radical (unpaired) electrons. The van der Waals surface area contributed by atoms with Gasteiger partial charge in [-0.2, -0.15) is 11.8 Å². The molecule has 0 bridgehead atoms. The maximum Gasteiger partial charge on any atom is 0.180 e. The van der Waals surface area contributed by atoms with E-state index < -0.39 is 0 Å². The van der Waals surface area contributed by atoms with Gasteiger partial charge in [0, 0.05) is 25.5 Å². The Labute approximate surface area is 110 Å². The van der Waals surface area contributed by atoms with E-state index in [-0.39, 0.29) is 0 Å². The third-order valence-corrected chi connectivity index (χ3v) is 4.24. The molecule has 2 aromatic rings. The second-order valence-corrected chi connectivity index (χ2v) is 5.64. The second-order valence-electron chi connectivity index (χ2n) is 4.41. The van der Waals surface area contributed by atoms with E-state index in [0.717, 1.165) is 17.3 Å². The number of imidazole rings is 1. The topological polar surface area (TPSA) is 54.2 Å². The first-order valence-electron chi connectivity index (χ1n) is 6.22. The first kappa shape index (κ1) is 11.6. The van der Waals surface area contributed by atoms with Crippen LogP contribution in [0.25, 0.3) is 5.65 Å². The molecule has 1 aliphatic rings. The monoisotopic (exact) mass is 263 g/mol. The lowest BCUT2D eigenvalue weighted by Gasteiger charge is -2.23. The van der Waals surface area contributed by atoms with Crippen molar-refractivity contribution in [3.8, 4) is 0 Å². The molecular formula is C12H17N5S. The van der Waals surface area contributed by atoms with Crippen molar-refractivity contribution in [2.45, 2.75) is 18.9 Å². The average Bonchev–Trinajstić information content (AvgIpc) is 2.88. The summed E-state index contributed by atoms with van der Waals surface area (Å²) >= 11 is 2.03. The SMILES string of the molecule is CNc1cn2ccnc2c(NC2CCSCC2)n1. The zero-order valence-electron chi connectivity index (χ0n) is 10.4. The third-order valence-electron chi connectivity index (χ3n) is 3.19. The van der Waals surface area contributed by atoms with E-state index in [1.165, 1.54) is 24.3 Å². The van der Waals surface area contributed by atoms with Gasteiger partial charge in [-0.1, -0.05) is 0 Å². The number of rotatable bonds is 3. The summed E-state index contributed by atoms with van der Waals surface area (Å²) in [5.74, 6) is 4.19. The molecule has 2 N–H and O–H groups in total. The maximum atomic E-state index is 4.57. The molecule has 0 atom stereocenters.